The number of hydrogen-bond donors (Lipinski definition) is 2. The maximum atomic E-state index is 9.89. The van der Waals surface area contributed by atoms with Gasteiger partial charge in [-0.3, -0.25) is 0 Å². The van der Waals surface area contributed by atoms with E-state index in [1.54, 1.807) is 11.3 Å². The molecular weight excluding hydrogens is 218 g/mol. The highest BCUT2D eigenvalue weighted by Gasteiger charge is 2.05. The van der Waals surface area contributed by atoms with Crippen molar-refractivity contribution >= 4 is 11.3 Å². The Morgan fingerprint density at radius 3 is 2.69 bits per heavy atom. The van der Waals surface area contributed by atoms with Crippen LogP contribution in [-0.2, 0) is 6.54 Å². The van der Waals surface area contributed by atoms with Crippen molar-refractivity contribution in [3.63, 3.8) is 0 Å². The van der Waals surface area contributed by atoms with Gasteiger partial charge in [-0.2, -0.15) is 11.3 Å². The molecule has 1 aromatic carbocycles. The van der Waals surface area contributed by atoms with Gasteiger partial charge in [-0.25, -0.2) is 0 Å². The summed E-state index contributed by atoms with van der Waals surface area (Å²) in [5, 5.41) is 17.3. The fourth-order valence-corrected chi connectivity index (χ4v) is 2.21. The second-order valence-corrected chi connectivity index (χ2v) is 4.47. The Hall–Kier alpha value is -1.16. The Bertz CT molecular complexity index is 399. The van der Waals surface area contributed by atoms with E-state index in [1.807, 2.05) is 30.3 Å². The fraction of sp³-hybridized carbons (Fsp3) is 0.231. The molecule has 0 bridgehead atoms. The molecule has 0 aliphatic carbocycles. The quantitative estimate of drug-likeness (QED) is 0.832. The minimum Gasteiger partial charge on any atom is -0.387 e. The van der Waals surface area contributed by atoms with Crippen LogP contribution < -0.4 is 5.32 Å². The van der Waals surface area contributed by atoms with Crippen LogP contribution in [0.2, 0.25) is 0 Å². The Balaban J connectivity index is 1.78. The zero-order valence-electron chi connectivity index (χ0n) is 8.97. The van der Waals surface area contributed by atoms with Crippen molar-refractivity contribution < 1.29 is 5.11 Å². The second-order valence-electron chi connectivity index (χ2n) is 3.69. The van der Waals surface area contributed by atoms with Crippen LogP contribution in [0.1, 0.15) is 17.2 Å². The first-order chi connectivity index (χ1) is 7.86. The third-order valence-corrected chi connectivity index (χ3v) is 3.16. The summed E-state index contributed by atoms with van der Waals surface area (Å²) in [5.41, 5.74) is 2.23. The van der Waals surface area contributed by atoms with Crippen LogP contribution in [0.25, 0.3) is 0 Å². The first-order valence-corrected chi connectivity index (χ1v) is 6.25. The van der Waals surface area contributed by atoms with Crippen LogP contribution in [0.3, 0.4) is 0 Å². The smallest absolute Gasteiger partial charge is 0.0914 e. The van der Waals surface area contributed by atoms with Crippen molar-refractivity contribution in [3.8, 4) is 0 Å². The van der Waals surface area contributed by atoms with E-state index in [0.717, 1.165) is 12.1 Å². The number of hydrogen-bond acceptors (Lipinski definition) is 3. The van der Waals surface area contributed by atoms with E-state index in [2.05, 4.69) is 22.1 Å². The summed E-state index contributed by atoms with van der Waals surface area (Å²) in [5.74, 6) is 0. The first-order valence-electron chi connectivity index (χ1n) is 5.31. The highest BCUT2D eigenvalue weighted by Crippen LogP contribution is 2.11. The number of benzene rings is 1. The van der Waals surface area contributed by atoms with Gasteiger partial charge in [-0.15, -0.1) is 0 Å². The highest BCUT2D eigenvalue weighted by atomic mass is 32.1. The van der Waals surface area contributed by atoms with E-state index < -0.39 is 6.10 Å². The summed E-state index contributed by atoms with van der Waals surface area (Å²) >= 11 is 1.69. The average molecular weight is 233 g/mol. The zero-order valence-corrected chi connectivity index (χ0v) is 9.78. The van der Waals surface area contributed by atoms with E-state index in [1.165, 1.54) is 5.56 Å². The lowest BCUT2D eigenvalue weighted by Crippen LogP contribution is -2.20. The lowest BCUT2D eigenvalue weighted by molar-refractivity contribution is 0.174. The van der Waals surface area contributed by atoms with E-state index in [-0.39, 0.29) is 0 Å². The van der Waals surface area contributed by atoms with Crippen LogP contribution in [0.4, 0.5) is 0 Å². The van der Waals surface area contributed by atoms with Crippen molar-refractivity contribution in [2.24, 2.45) is 0 Å². The molecule has 2 N–H and O–H groups in total. The van der Waals surface area contributed by atoms with Crippen molar-refractivity contribution in [2.75, 3.05) is 6.54 Å². The summed E-state index contributed by atoms with van der Waals surface area (Å²) in [7, 11) is 0. The molecule has 2 rings (SSSR count). The third kappa shape index (κ3) is 3.17. The van der Waals surface area contributed by atoms with Gasteiger partial charge in [-0.05, 0) is 28.0 Å². The summed E-state index contributed by atoms with van der Waals surface area (Å²) in [6.45, 7) is 1.40. The van der Waals surface area contributed by atoms with Gasteiger partial charge < -0.3 is 10.4 Å². The molecule has 0 unspecified atom stereocenters. The van der Waals surface area contributed by atoms with Gasteiger partial charge >= 0.3 is 0 Å². The first kappa shape index (κ1) is 11.3. The van der Waals surface area contributed by atoms with Crippen LogP contribution in [0, 0.1) is 0 Å². The molecule has 84 valence electrons. The van der Waals surface area contributed by atoms with Crippen LogP contribution in [0.15, 0.2) is 47.2 Å². The number of rotatable bonds is 5. The number of aliphatic hydroxyl groups is 1. The number of aliphatic hydroxyl groups excluding tert-OH is 1. The van der Waals surface area contributed by atoms with Crippen molar-refractivity contribution in [3.05, 3.63) is 58.3 Å². The van der Waals surface area contributed by atoms with Crippen molar-refractivity contribution in [2.45, 2.75) is 12.6 Å². The van der Waals surface area contributed by atoms with Crippen LogP contribution in [0.5, 0.6) is 0 Å². The summed E-state index contributed by atoms with van der Waals surface area (Å²) in [6, 6.07) is 11.8. The Kier molecular flexibility index (Phi) is 4.10. The van der Waals surface area contributed by atoms with Gasteiger partial charge in [0, 0.05) is 13.1 Å². The summed E-state index contributed by atoms with van der Waals surface area (Å²) in [4.78, 5) is 0. The topological polar surface area (TPSA) is 32.3 Å². The molecule has 1 atom stereocenters. The molecule has 0 spiro atoms. The van der Waals surface area contributed by atoms with Gasteiger partial charge in [0.2, 0.25) is 0 Å². The zero-order chi connectivity index (χ0) is 11.2. The highest BCUT2D eigenvalue weighted by molar-refractivity contribution is 7.07. The van der Waals surface area contributed by atoms with E-state index in [4.69, 9.17) is 0 Å². The molecule has 0 aliphatic heterocycles. The number of thiophene rings is 1. The molecule has 0 fully saturated rings. The number of nitrogens with one attached hydrogen (secondary N) is 1. The largest absolute Gasteiger partial charge is 0.387 e. The van der Waals surface area contributed by atoms with Crippen LogP contribution >= 0.6 is 11.3 Å². The SMILES string of the molecule is O[C@@H](CNCc1ccsc1)c1ccccc1. The molecular formula is C13H15NOS. The van der Waals surface area contributed by atoms with Crippen molar-refractivity contribution in [1.29, 1.82) is 0 Å². The maximum Gasteiger partial charge on any atom is 0.0914 e. The molecule has 0 aliphatic rings. The molecule has 0 saturated carbocycles. The minimum atomic E-state index is -0.431. The third-order valence-electron chi connectivity index (χ3n) is 2.43. The second kappa shape index (κ2) is 5.80. The van der Waals surface area contributed by atoms with E-state index in [9.17, 15) is 5.11 Å². The fourth-order valence-electron chi connectivity index (χ4n) is 1.54. The molecule has 16 heavy (non-hydrogen) atoms. The molecule has 0 saturated heterocycles. The predicted octanol–water partition coefficient (Wildman–Crippen LogP) is 2.57. The molecule has 3 heteroatoms. The van der Waals surface area contributed by atoms with Gasteiger partial charge in [0.25, 0.3) is 0 Å². The van der Waals surface area contributed by atoms with Gasteiger partial charge in [-0.1, -0.05) is 30.3 Å². The van der Waals surface area contributed by atoms with E-state index >= 15 is 0 Å². The summed E-state index contributed by atoms with van der Waals surface area (Å²) in [6.07, 6.45) is -0.431. The maximum absolute atomic E-state index is 9.89. The normalized spacial score (nSPS) is 12.6. The Morgan fingerprint density at radius 2 is 2.00 bits per heavy atom. The van der Waals surface area contributed by atoms with Gasteiger partial charge in [0.05, 0.1) is 6.10 Å². The van der Waals surface area contributed by atoms with Crippen LogP contribution in [-0.4, -0.2) is 11.7 Å². The van der Waals surface area contributed by atoms with Gasteiger partial charge in [0.15, 0.2) is 0 Å². The van der Waals surface area contributed by atoms with Gasteiger partial charge in [0.1, 0.15) is 0 Å². The average Bonchev–Trinajstić information content (AvgIpc) is 2.83. The molecule has 2 aromatic rings. The van der Waals surface area contributed by atoms with E-state index in [0.29, 0.717) is 6.54 Å². The monoisotopic (exact) mass is 233 g/mol. The Morgan fingerprint density at radius 1 is 1.19 bits per heavy atom. The van der Waals surface area contributed by atoms with Crippen molar-refractivity contribution in [1.82, 2.24) is 5.32 Å². The molecule has 1 heterocycles. The minimum absolute atomic E-state index is 0.431. The summed E-state index contributed by atoms with van der Waals surface area (Å²) < 4.78 is 0. The standard InChI is InChI=1S/C13H15NOS/c15-13(12-4-2-1-3-5-12)9-14-8-11-6-7-16-10-11/h1-7,10,13-15H,8-9H2/t13-/m0/s1. The molecule has 0 amide bonds. The lowest BCUT2D eigenvalue weighted by atomic mass is 10.1. The predicted molar refractivity (Wildman–Crippen MR) is 67.4 cm³/mol. The Labute approximate surface area is 99.6 Å². The molecule has 0 radical (unpaired) electrons. The lowest BCUT2D eigenvalue weighted by Gasteiger charge is -2.11. The molecule has 1 aromatic heterocycles. The molecule has 2 nitrogen and oxygen atoms in total.